The van der Waals surface area contributed by atoms with Gasteiger partial charge >= 0.3 is 0 Å². The van der Waals surface area contributed by atoms with E-state index in [1.165, 1.54) is 12.0 Å². The van der Waals surface area contributed by atoms with Crippen molar-refractivity contribution >= 4 is 5.91 Å². The number of carbonyl (C=O) groups is 1. The quantitative estimate of drug-likeness (QED) is 0.826. The van der Waals surface area contributed by atoms with Gasteiger partial charge in [0.2, 0.25) is 0 Å². The highest BCUT2D eigenvalue weighted by molar-refractivity contribution is 5.95. The number of benzene rings is 1. The van der Waals surface area contributed by atoms with E-state index in [0.717, 1.165) is 50.3 Å². The van der Waals surface area contributed by atoms with Gasteiger partial charge in [0.15, 0.2) is 0 Å². The van der Waals surface area contributed by atoms with E-state index in [4.69, 9.17) is 4.74 Å². The number of hydrogen-bond acceptors (Lipinski definition) is 2. The van der Waals surface area contributed by atoms with Gasteiger partial charge in [-0.05, 0) is 37.8 Å². The molecule has 0 spiro atoms. The normalized spacial score (nSPS) is 25.2. The fourth-order valence-corrected chi connectivity index (χ4v) is 3.16. The summed E-state index contributed by atoms with van der Waals surface area (Å²) in [5.74, 6) is 1.05. The van der Waals surface area contributed by atoms with Crippen molar-refractivity contribution in [1.29, 1.82) is 0 Å². The second-order valence-corrected chi connectivity index (χ2v) is 6.27. The molecule has 1 aromatic rings. The van der Waals surface area contributed by atoms with E-state index in [9.17, 15) is 4.79 Å². The fraction of sp³-hybridized carbons (Fsp3) is 0.588. The van der Waals surface area contributed by atoms with Gasteiger partial charge in [0, 0.05) is 29.6 Å². The molecule has 2 aliphatic rings. The molecule has 0 radical (unpaired) electrons. The van der Waals surface area contributed by atoms with Crippen LogP contribution in [0.15, 0.2) is 18.2 Å². The molecule has 0 aromatic heterocycles. The highest BCUT2D eigenvalue weighted by Crippen LogP contribution is 2.41. The number of likely N-dealkylation sites (tertiary alicyclic amines) is 1. The molecule has 1 fully saturated rings. The zero-order chi connectivity index (χ0) is 14.2. The molecule has 3 heteroatoms. The lowest BCUT2D eigenvalue weighted by molar-refractivity contribution is 0.0724. The number of hydrogen-bond donors (Lipinski definition) is 0. The summed E-state index contributed by atoms with van der Waals surface area (Å²) < 4.78 is 5.81. The molecule has 3 rings (SSSR count). The molecule has 1 saturated heterocycles. The first-order chi connectivity index (χ1) is 9.64. The van der Waals surface area contributed by atoms with Crippen molar-refractivity contribution in [2.45, 2.75) is 44.9 Å². The van der Waals surface area contributed by atoms with Crippen LogP contribution in [0.4, 0.5) is 0 Å². The van der Waals surface area contributed by atoms with Crippen LogP contribution in [0, 0.1) is 0 Å². The van der Waals surface area contributed by atoms with Gasteiger partial charge in [-0.1, -0.05) is 19.9 Å². The van der Waals surface area contributed by atoms with Crippen LogP contribution >= 0.6 is 0 Å². The Kier molecular flexibility index (Phi) is 3.45. The summed E-state index contributed by atoms with van der Waals surface area (Å²) in [4.78, 5) is 14.5. The minimum absolute atomic E-state index is 0.0992. The molecule has 2 aliphatic heterocycles. The molecule has 1 unspecified atom stereocenters. The van der Waals surface area contributed by atoms with Gasteiger partial charge in [0.05, 0.1) is 6.61 Å². The molecule has 0 N–H and O–H groups in total. The van der Waals surface area contributed by atoms with E-state index in [1.54, 1.807) is 0 Å². The van der Waals surface area contributed by atoms with Crippen LogP contribution in [-0.2, 0) is 5.41 Å². The number of carbonyl (C=O) groups excluding carboxylic acids is 1. The molecule has 3 nitrogen and oxygen atoms in total. The highest BCUT2D eigenvalue weighted by Gasteiger charge is 2.35. The first-order valence-corrected chi connectivity index (χ1v) is 7.71. The monoisotopic (exact) mass is 273 g/mol. The molecule has 108 valence electrons. The Morgan fingerprint density at radius 3 is 2.75 bits per heavy atom. The SMILES string of the molecule is CCC1(C)COc2cc(C(=O)N3CCCCC3)ccc21. The smallest absolute Gasteiger partial charge is 0.253 e. The first kappa shape index (κ1) is 13.5. The van der Waals surface area contributed by atoms with Crippen LogP contribution in [-0.4, -0.2) is 30.5 Å². The van der Waals surface area contributed by atoms with E-state index in [1.807, 2.05) is 17.0 Å². The average molecular weight is 273 g/mol. The van der Waals surface area contributed by atoms with Gasteiger partial charge in [-0.2, -0.15) is 0 Å². The van der Waals surface area contributed by atoms with Gasteiger partial charge in [0.1, 0.15) is 5.75 Å². The predicted molar refractivity (Wildman–Crippen MR) is 79.3 cm³/mol. The van der Waals surface area contributed by atoms with Crippen molar-refractivity contribution in [3.63, 3.8) is 0 Å². The molecule has 1 amide bonds. The summed E-state index contributed by atoms with van der Waals surface area (Å²) in [5.41, 5.74) is 2.11. The molecule has 0 saturated carbocycles. The van der Waals surface area contributed by atoms with Gasteiger partial charge in [0.25, 0.3) is 5.91 Å². The number of amides is 1. The van der Waals surface area contributed by atoms with Crippen molar-refractivity contribution < 1.29 is 9.53 Å². The summed E-state index contributed by atoms with van der Waals surface area (Å²) in [5, 5.41) is 0. The van der Waals surface area contributed by atoms with E-state index in [2.05, 4.69) is 19.9 Å². The Morgan fingerprint density at radius 1 is 1.30 bits per heavy atom. The zero-order valence-electron chi connectivity index (χ0n) is 12.4. The maximum absolute atomic E-state index is 12.5. The van der Waals surface area contributed by atoms with E-state index in [-0.39, 0.29) is 11.3 Å². The topological polar surface area (TPSA) is 29.5 Å². The van der Waals surface area contributed by atoms with Crippen LogP contribution in [0.1, 0.15) is 55.5 Å². The predicted octanol–water partition coefficient (Wildman–Crippen LogP) is 3.37. The average Bonchev–Trinajstić information content (AvgIpc) is 2.85. The largest absolute Gasteiger partial charge is 0.492 e. The molecule has 0 bridgehead atoms. The molecular weight excluding hydrogens is 250 g/mol. The molecular formula is C17H23NO2. The minimum atomic E-state index is 0.0992. The third-order valence-electron chi connectivity index (χ3n) is 4.85. The van der Waals surface area contributed by atoms with Crippen LogP contribution in [0.25, 0.3) is 0 Å². The lowest BCUT2D eigenvalue weighted by Crippen LogP contribution is -2.35. The Morgan fingerprint density at radius 2 is 2.05 bits per heavy atom. The number of piperidine rings is 1. The van der Waals surface area contributed by atoms with E-state index < -0.39 is 0 Å². The van der Waals surface area contributed by atoms with Crippen molar-refractivity contribution in [2.75, 3.05) is 19.7 Å². The van der Waals surface area contributed by atoms with Crippen LogP contribution in [0.5, 0.6) is 5.75 Å². The summed E-state index contributed by atoms with van der Waals surface area (Å²) in [6.45, 7) is 6.92. The minimum Gasteiger partial charge on any atom is -0.492 e. The van der Waals surface area contributed by atoms with Gasteiger partial charge in [-0.3, -0.25) is 4.79 Å². The van der Waals surface area contributed by atoms with Crippen LogP contribution in [0.2, 0.25) is 0 Å². The van der Waals surface area contributed by atoms with Gasteiger partial charge in [-0.25, -0.2) is 0 Å². The first-order valence-electron chi connectivity index (χ1n) is 7.71. The van der Waals surface area contributed by atoms with Crippen molar-refractivity contribution in [3.05, 3.63) is 29.3 Å². The summed E-state index contributed by atoms with van der Waals surface area (Å²) in [6, 6.07) is 5.99. The molecule has 20 heavy (non-hydrogen) atoms. The van der Waals surface area contributed by atoms with Gasteiger partial charge < -0.3 is 9.64 Å². The molecule has 1 atom stereocenters. The summed E-state index contributed by atoms with van der Waals surface area (Å²) in [6.07, 6.45) is 4.55. The Labute approximate surface area is 120 Å². The van der Waals surface area contributed by atoms with Crippen molar-refractivity contribution in [2.24, 2.45) is 0 Å². The maximum atomic E-state index is 12.5. The lowest BCUT2D eigenvalue weighted by atomic mass is 9.82. The maximum Gasteiger partial charge on any atom is 0.253 e. The lowest BCUT2D eigenvalue weighted by Gasteiger charge is -2.27. The Balaban J connectivity index is 1.84. The molecule has 0 aliphatic carbocycles. The summed E-state index contributed by atoms with van der Waals surface area (Å²) >= 11 is 0. The second-order valence-electron chi connectivity index (χ2n) is 6.27. The van der Waals surface area contributed by atoms with Crippen molar-refractivity contribution in [3.8, 4) is 5.75 Å². The number of nitrogens with zero attached hydrogens (tertiary/aromatic N) is 1. The third-order valence-corrected chi connectivity index (χ3v) is 4.85. The fourth-order valence-electron chi connectivity index (χ4n) is 3.16. The van der Waals surface area contributed by atoms with E-state index >= 15 is 0 Å². The molecule has 2 heterocycles. The molecule has 1 aromatic carbocycles. The number of ether oxygens (including phenoxy) is 1. The van der Waals surface area contributed by atoms with E-state index in [0.29, 0.717) is 0 Å². The van der Waals surface area contributed by atoms with Crippen LogP contribution in [0.3, 0.4) is 0 Å². The second kappa shape index (κ2) is 5.12. The standard InChI is InChI=1S/C17H23NO2/c1-3-17(2)12-20-15-11-13(7-8-14(15)17)16(19)18-9-5-4-6-10-18/h7-8,11H,3-6,9-10,12H2,1-2H3. The van der Waals surface area contributed by atoms with Crippen LogP contribution < -0.4 is 4.74 Å². The Bertz CT molecular complexity index is 520. The summed E-state index contributed by atoms with van der Waals surface area (Å²) in [7, 11) is 0. The number of fused-ring (bicyclic) bond motifs is 1. The van der Waals surface area contributed by atoms with Gasteiger partial charge in [-0.15, -0.1) is 0 Å². The van der Waals surface area contributed by atoms with Crippen molar-refractivity contribution in [1.82, 2.24) is 4.90 Å². The third kappa shape index (κ3) is 2.19. The number of rotatable bonds is 2. The Hall–Kier alpha value is -1.51. The zero-order valence-corrected chi connectivity index (χ0v) is 12.4. The highest BCUT2D eigenvalue weighted by atomic mass is 16.5.